The molecule has 0 radical (unpaired) electrons. The number of halogens is 3. The van der Waals surface area contributed by atoms with Crippen LogP contribution in [0.1, 0.15) is 35.5 Å². The Balaban J connectivity index is 2.16. The zero-order chi connectivity index (χ0) is 25.6. The number of nitrogens with one attached hydrogen (secondary N) is 1. The lowest BCUT2D eigenvalue weighted by atomic mass is 9.89. The third-order valence-corrected chi connectivity index (χ3v) is 5.13. The first-order valence-electron chi connectivity index (χ1n) is 9.91. The molecule has 2 heterocycles. The molecular weight excluding hydrogens is 457 g/mol. The zero-order valence-electron chi connectivity index (χ0n) is 18.4. The number of nitrogen functional groups attached to an aromatic ring is 1. The lowest BCUT2D eigenvalue weighted by molar-refractivity contribution is -0.255. The summed E-state index contributed by atoms with van der Waals surface area (Å²) in [6, 6.07) is 3.21. The Morgan fingerprint density at radius 1 is 1.21 bits per heavy atom. The molecule has 0 aliphatic rings. The monoisotopic (exact) mass is 480 g/mol. The maximum absolute atomic E-state index is 13.6. The Labute approximate surface area is 191 Å². The Morgan fingerprint density at radius 2 is 1.85 bits per heavy atom. The number of imidazole rings is 1. The molecule has 3 aromatic rings. The van der Waals surface area contributed by atoms with Crippen LogP contribution in [0.4, 0.5) is 19.0 Å². The van der Waals surface area contributed by atoms with Crippen molar-refractivity contribution in [2.75, 3.05) is 12.3 Å². The number of primary amides is 1. The van der Waals surface area contributed by atoms with Crippen LogP contribution >= 0.6 is 0 Å². The molecule has 7 N–H and O–H groups in total. The summed E-state index contributed by atoms with van der Waals surface area (Å²) in [6.07, 6.45) is -2.79. The number of benzene rings is 1. The second kappa shape index (κ2) is 8.25. The lowest BCUT2D eigenvalue weighted by Gasteiger charge is -2.28. The van der Waals surface area contributed by atoms with Gasteiger partial charge in [0.15, 0.2) is 11.5 Å². The quantitative estimate of drug-likeness (QED) is 0.351. The van der Waals surface area contributed by atoms with Gasteiger partial charge in [-0.1, -0.05) is 12.1 Å². The van der Waals surface area contributed by atoms with Gasteiger partial charge in [0.2, 0.25) is 0 Å². The van der Waals surface area contributed by atoms with Crippen molar-refractivity contribution in [1.29, 1.82) is 0 Å². The molecule has 0 aliphatic carbocycles. The number of aryl methyl sites for hydroxylation is 1. The van der Waals surface area contributed by atoms with Crippen molar-refractivity contribution in [3.63, 3.8) is 0 Å². The van der Waals surface area contributed by atoms with Gasteiger partial charge in [-0.2, -0.15) is 13.2 Å². The molecule has 1 atom stereocenters. The largest absolute Gasteiger partial charge is 0.430 e. The number of hydrogen-bond acceptors (Lipinski definition) is 7. The number of carbonyl (C=O) groups is 2. The average Bonchev–Trinajstić information content (AvgIpc) is 3.14. The molecule has 2 aromatic heterocycles. The van der Waals surface area contributed by atoms with Crippen molar-refractivity contribution < 1.29 is 33.0 Å². The van der Waals surface area contributed by atoms with E-state index in [0.29, 0.717) is 5.56 Å². The molecule has 1 aromatic carbocycles. The van der Waals surface area contributed by atoms with Crippen LogP contribution in [0.2, 0.25) is 0 Å². The Morgan fingerprint density at radius 3 is 2.41 bits per heavy atom. The summed E-state index contributed by atoms with van der Waals surface area (Å²) in [6.45, 7) is 4.51. The van der Waals surface area contributed by atoms with Crippen LogP contribution in [-0.2, 0) is 10.4 Å². The molecule has 3 rings (SSSR count). The van der Waals surface area contributed by atoms with Crippen molar-refractivity contribution in [2.45, 2.75) is 38.1 Å². The van der Waals surface area contributed by atoms with Gasteiger partial charge in [-0.3, -0.25) is 14.0 Å². The molecule has 2 amide bonds. The molecule has 0 aliphatic heterocycles. The van der Waals surface area contributed by atoms with Gasteiger partial charge in [0.1, 0.15) is 5.69 Å². The van der Waals surface area contributed by atoms with Gasteiger partial charge in [0, 0.05) is 23.9 Å². The van der Waals surface area contributed by atoms with Crippen LogP contribution in [0.15, 0.2) is 30.6 Å². The van der Waals surface area contributed by atoms with Crippen LogP contribution < -0.4 is 16.8 Å². The second-order valence-corrected chi connectivity index (χ2v) is 8.45. The van der Waals surface area contributed by atoms with Crippen molar-refractivity contribution >= 4 is 23.3 Å². The third-order valence-electron chi connectivity index (χ3n) is 5.13. The summed E-state index contributed by atoms with van der Waals surface area (Å²) in [5.74, 6) is -2.76. The fourth-order valence-electron chi connectivity index (χ4n) is 3.28. The van der Waals surface area contributed by atoms with Gasteiger partial charge in [-0.15, -0.1) is 0 Å². The topological polar surface area (TPSA) is 169 Å². The van der Waals surface area contributed by atoms with Crippen molar-refractivity contribution in [2.24, 2.45) is 5.73 Å². The first-order valence-corrected chi connectivity index (χ1v) is 9.91. The Bertz CT molecular complexity index is 1280. The minimum absolute atomic E-state index is 0.0768. The van der Waals surface area contributed by atoms with Gasteiger partial charge in [0.05, 0.1) is 17.5 Å². The van der Waals surface area contributed by atoms with Gasteiger partial charge in [-0.25, -0.2) is 9.97 Å². The minimum atomic E-state index is -5.37. The predicted molar refractivity (Wildman–Crippen MR) is 115 cm³/mol. The number of aliphatic hydroxyl groups is 2. The molecular formula is C21H23F3N6O4. The lowest BCUT2D eigenvalue weighted by Crippen LogP contribution is -2.52. The highest BCUT2D eigenvalue weighted by Crippen LogP contribution is 2.40. The number of aromatic nitrogens is 3. The summed E-state index contributed by atoms with van der Waals surface area (Å²) in [5.41, 5.74) is 5.80. The molecule has 0 fully saturated rings. The molecule has 0 spiro atoms. The molecule has 1 unspecified atom stereocenters. The first-order chi connectivity index (χ1) is 15.6. The average molecular weight is 480 g/mol. The number of fused-ring (bicyclic) bond motifs is 1. The van der Waals surface area contributed by atoms with E-state index in [2.05, 4.69) is 15.3 Å². The van der Waals surface area contributed by atoms with Crippen LogP contribution in [0.5, 0.6) is 0 Å². The normalized spacial score (nSPS) is 14.1. The summed E-state index contributed by atoms with van der Waals surface area (Å²) in [5, 5.41) is 22.5. The molecule has 0 bridgehead atoms. The van der Waals surface area contributed by atoms with Gasteiger partial charge in [-0.05, 0) is 32.4 Å². The third kappa shape index (κ3) is 4.39. The predicted octanol–water partition coefficient (Wildman–Crippen LogP) is 1.02. The van der Waals surface area contributed by atoms with E-state index in [1.54, 1.807) is 6.92 Å². The highest BCUT2D eigenvalue weighted by molar-refractivity contribution is 5.93. The summed E-state index contributed by atoms with van der Waals surface area (Å²) >= 11 is 0. The summed E-state index contributed by atoms with van der Waals surface area (Å²) in [7, 11) is 0. The zero-order valence-corrected chi connectivity index (χ0v) is 18.4. The standard InChI is InChI=1S/C21H23F3N6O4/c1-10-4-5-11(20(34,18(26)32)21(22,23)24)6-12(10)14-7-27-16-15(25)29-13(8-30(14)16)17(31)28-9-19(2,3)33/h4-8,33-34H,9H2,1-3H3,(H2,25,29)(H2,26,32)(H,28,31). The van der Waals surface area contributed by atoms with E-state index < -0.39 is 34.8 Å². The van der Waals surface area contributed by atoms with Gasteiger partial charge < -0.3 is 27.0 Å². The van der Waals surface area contributed by atoms with Gasteiger partial charge in [0.25, 0.3) is 17.4 Å². The number of amides is 2. The molecule has 10 nitrogen and oxygen atoms in total. The molecule has 0 saturated carbocycles. The van der Waals surface area contributed by atoms with E-state index >= 15 is 0 Å². The van der Waals surface area contributed by atoms with E-state index in [9.17, 15) is 33.0 Å². The number of nitrogens with two attached hydrogens (primary N) is 2. The van der Waals surface area contributed by atoms with E-state index in [-0.39, 0.29) is 35.0 Å². The SMILES string of the molecule is Cc1ccc(C(O)(C(N)=O)C(F)(F)F)cc1-c1cnc2c(N)nc(C(=O)NCC(C)(C)O)cn12. The van der Waals surface area contributed by atoms with Gasteiger partial charge >= 0.3 is 6.18 Å². The van der Waals surface area contributed by atoms with Crippen LogP contribution in [-0.4, -0.2) is 54.7 Å². The Kier molecular flexibility index (Phi) is 6.05. The number of alkyl halides is 3. The second-order valence-electron chi connectivity index (χ2n) is 8.45. The number of rotatable bonds is 6. The maximum atomic E-state index is 13.6. The summed E-state index contributed by atoms with van der Waals surface area (Å²) < 4.78 is 42.0. The van der Waals surface area contributed by atoms with E-state index in [1.807, 2.05) is 0 Å². The van der Waals surface area contributed by atoms with Crippen molar-refractivity contribution in [1.82, 2.24) is 19.7 Å². The van der Waals surface area contributed by atoms with Crippen LogP contribution in [0.25, 0.3) is 16.9 Å². The van der Waals surface area contributed by atoms with E-state index in [4.69, 9.17) is 11.5 Å². The summed E-state index contributed by atoms with van der Waals surface area (Å²) in [4.78, 5) is 32.2. The molecule has 0 saturated heterocycles. The molecule has 13 heteroatoms. The number of nitrogens with zero attached hydrogens (tertiary/aromatic N) is 3. The van der Waals surface area contributed by atoms with Crippen LogP contribution in [0.3, 0.4) is 0 Å². The van der Waals surface area contributed by atoms with E-state index in [0.717, 1.165) is 12.1 Å². The molecule has 182 valence electrons. The first kappa shape index (κ1) is 24.9. The fourth-order valence-corrected chi connectivity index (χ4v) is 3.28. The van der Waals surface area contributed by atoms with E-state index in [1.165, 1.54) is 36.7 Å². The highest BCUT2D eigenvalue weighted by atomic mass is 19.4. The molecule has 34 heavy (non-hydrogen) atoms. The smallest absolute Gasteiger partial charge is 0.389 e. The highest BCUT2D eigenvalue weighted by Gasteiger charge is 2.60. The Hall–Kier alpha value is -3.71. The van der Waals surface area contributed by atoms with Crippen molar-refractivity contribution in [3.05, 3.63) is 47.4 Å². The van der Waals surface area contributed by atoms with Crippen LogP contribution in [0, 0.1) is 6.92 Å². The fraction of sp³-hybridized carbons (Fsp3) is 0.333. The van der Waals surface area contributed by atoms with Crippen molar-refractivity contribution in [3.8, 4) is 11.3 Å². The number of carbonyl (C=O) groups excluding carboxylic acids is 2. The number of hydrogen-bond donors (Lipinski definition) is 5. The minimum Gasteiger partial charge on any atom is -0.389 e. The number of anilines is 1. The maximum Gasteiger partial charge on any atom is 0.430 e.